The van der Waals surface area contributed by atoms with Gasteiger partial charge in [0.05, 0.1) is 24.2 Å². The fourth-order valence-electron chi connectivity index (χ4n) is 1.70. The van der Waals surface area contributed by atoms with Gasteiger partial charge < -0.3 is 14.9 Å². The van der Waals surface area contributed by atoms with E-state index in [-0.39, 0.29) is 0 Å². The van der Waals surface area contributed by atoms with Gasteiger partial charge in [0, 0.05) is 0 Å². The summed E-state index contributed by atoms with van der Waals surface area (Å²) in [4.78, 5) is 11.4. The van der Waals surface area contributed by atoms with Crippen molar-refractivity contribution in [1.29, 1.82) is 0 Å². The number of esters is 1. The summed E-state index contributed by atoms with van der Waals surface area (Å²) in [6, 6.07) is 0. The lowest BCUT2D eigenvalue weighted by Gasteiger charge is -2.25. The Morgan fingerprint density at radius 2 is 2.23 bits per heavy atom. The highest BCUT2D eigenvalue weighted by molar-refractivity contribution is 5.77. The Kier molecular flexibility index (Phi) is 2.93. The molecule has 1 aliphatic carbocycles. The summed E-state index contributed by atoms with van der Waals surface area (Å²) in [5.41, 5.74) is -0.921. The molecule has 1 aliphatic rings. The maximum atomic E-state index is 11.4. The molecule has 4 nitrogen and oxygen atoms in total. The predicted molar refractivity (Wildman–Crippen MR) is 46.0 cm³/mol. The lowest BCUT2D eigenvalue weighted by molar-refractivity contribution is -0.161. The Balaban J connectivity index is 2.71. The first kappa shape index (κ1) is 10.5. The van der Waals surface area contributed by atoms with E-state index in [4.69, 9.17) is 4.74 Å². The van der Waals surface area contributed by atoms with Crippen molar-refractivity contribution in [2.24, 2.45) is 5.41 Å². The Morgan fingerprint density at radius 3 is 2.62 bits per heavy atom. The van der Waals surface area contributed by atoms with Gasteiger partial charge in [-0.3, -0.25) is 4.79 Å². The molecule has 0 bridgehead atoms. The van der Waals surface area contributed by atoms with Crippen molar-refractivity contribution in [3.8, 4) is 0 Å². The van der Waals surface area contributed by atoms with Crippen molar-refractivity contribution in [3.05, 3.63) is 0 Å². The van der Waals surface area contributed by atoms with Crippen LogP contribution in [0.1, 0.15) is 26.7 Å². The average molecular weight is 188 g/mol. The molecule has 3 unspecified atom stereocenters. The fraction of sp³-hybridized carbons (Fsp3) is 0.889. The van der Waals surface area contributed by atoms with Crippen molar-refractivity contribution in [2.45, 2.75) is 38.9 Å². The molecule has 1 fully saturated rings. The summed E-state index contributed by atoms with van der Waals surface area (Å²) < 4.78 is 4.84. The number of hydrogen-bond acceptors (Lipinski definition) is 4. The molecule has 0 spiro atoms. The molecule has 0 aromatic carbocycles. The predicted octanol–water partition coefficient (Wildman–Crippen LogP) is 0.0714. The van der Waals surface area contributed by atoms with Gasteiger partial charge in [-0.25, -0.2) is 0 Å². The Hall–Kier alpha value is -0.610. The molecule has 0 saturated heterocycles. The van der Waals surface area contributed by atoms with E-state index in [0.717, 1.165) is 0 Å². The highest BCUT2D eigenvalue weighted by atomic mass is 16.5. The first-order chi connectivity index (χ1) is 6.02. The average Bonchev–Trinajstić information content (AvgIpc) is 2.35. The number of rotatable bonds is 2. The Morgan fingerprint density at radius 1 is 1.62 bits per heavy atom. The third-order valence-corrected chi connectivity index (χ3v) is 2.72. The minimum atomic E-state index is -0.994. The molecule has 0 aromatic rings. The normalized spacial score (nSPS) is 39.1. The first-order valence-electron chi connectivity index (χ1n) is 4.55. The largest absolute Gasteiger partial charge is 0.465 e. The highest BCUT2D eigenvalue weighted by Crippen LogP contribution is 2.39. The van der Waals surface area contributed by atoms with Gasteiger partial charge in [0.15, 0.2) is 0 Å². The molecule has 1 saturated carbocycles. The Bertz CT molecular complexity index is 204. The van der Waals surface area contributed by atoms with E-state index in [9.17, 15) is 15.0 Å². The molecule has 3 atom stereocenters. The van der Waals surface area contributed by atoms with Crippen LogP contribution in [-0.2, 0) is 9.53 Å². The molecule has 0 aromatic heterocycles. The van der Waals surface area contributed by atoms with E-state index in [1.165, 1.54) is 0 Å². The van der Waals surface area contributed by atoms with Crippen LogP contribution >= 0.6 is 0 Å². The van der Waals surface area contributed by atoms with Gasteiger partial charge in [-0.1, -0.05) is 0 Å². The van der Waals surface area contributed by atoms with Crippen molar-refractivity contribution >= 4 is 5.97 Å². The second-order valence-electron chi connectivity index (χ2n) is 3.69. The van der Waals surface area contributed by atoms with Crippen LogP contribution in [0.25, 0.3) is 0 Å². The Labute approximate surface area is 77.5 Å². The zero-order chi connectivity index (χ0) is 10.1. The lowest BCUT2D eigenvalue weighted by atomic mass is 9.86. The summed E-state index contributed by atoms with van der Waals surface area (Å²) in [5.74, 6) is -0.418. The minimum absolute atomic E-state index is 0.303. The second kappa shape index (κ2) is 3.64. The molecule has 4 heteroatoms. The van der Waals surface area contributed by atoms with Crippen LogP contribution < -0.4 is 0 Å². The monoisotopic (exact) mass is 188 g/mol. The van der Waals surface area contributed by atoms with Gasteiger partial charge in [-0.2, -0.15) is 0 Å². The van der Waals surface area contributed by atoms with Crippen LogP contribution in [0.15, 0.2) is 0 Å². The summed E-state index contributed by atoms with van der Waals surface area (Å²) in [7, 11) is 0. The molecular weight excluding hydrogens is 172 g/mol. The molecule has 2 N–H and O–H groups in total. The molecule has 0 amide bonds. The zero-order valence-corrected chi connectivity index (χ0v) is 7.99. The van der Waals surface area contributed by atoms with E-state index in [1.807, 2.05) is 0 Å². The number of hydrogen-bond donors (Lipinski definition) is 2. The van der Waals surface area contributed by atoms with Gasteiger partial charge in [0.1, 0.15) is 0 Å². The third-order valence-electron chi connectivity index (χ3n) is 2.72. The molecule has 0 aliphatic heterocycles. The van der Waals surface area contributed by atoms with Gasteiger partial charge >= 0.3 is 5.97 Å². The molecular formula is C9H16O4. The number of carbonyl (C=O) groups excluding carboxylic acids is 1. The quantitative estimate of drug-likeness (QED) is 0.602. The zero-order valence-electron chi connectivity index (χ0n) is 7.99. The molecule has 1 rings (SSSR count). The molecule has 76 valence electrons. The molecule has 0 radical (unpaired) electrons. The van der Waals surface area contributed by atoms with Gasteiger partial charge in [-0.05, 0) is 26.7 Å². The first-order valence-corrected chi connectivity index (χ1v) is 4.55. The lowest BCUT2D eigenvalue weighted by Crippen LogP contribution is -2.40. The second-order valence-corrected chi connectivity index (χ2v) is 3.69. The van der Waals surface area contributed by atoms with E-state index >= 15 is 0 Å². The highest BCUT2D eigenvalue weighted by Gasteiger charge is 2.50. The third kappa shape index (κ3) is 1.69. The number of aliphatic hydroxyl groups excluding tert-OH is 2. The van der Waals surface area contributed by atoms with Gasteiger partial charge in [0.25, 0.3) is 0 Å². The van der Waals surface area contributed by atoms with E-state index in [2.05, 4.69) is 0 Å². The van der Waals surface area contributed by atoms with E-state index < -0.39 is 23.6 Å². The maximum absolute atomic E-state index is 11.4. The van der Waals surface area contributed by atoms with E-state index in [1.54, 1.807) is 13.8 Å². The summed E-state index contributed by atoms with van der Waals surface area (Å²) in [5, 5.41) is 18.9. The SMILES string of the molecule is CCOC(=O)C1(C)CCC(O)C1O. The van der Waals surface area contributed by atoms with E-state index in [0.29, 0.717) is 19.4 Å². The van der Waals surface area contributed by atoms with Crippen molar-refractivity contribution < 1.29 is 19.7 Å². The standard InChI is InChI=1S/C9H16O4/c1-3-13-8(12)9(2)5-4-6(10)7(9)11/h6-7,10-11H,3-5H2,1-2H3. The minimum Gasteiger partial charge on any atom is -0.465 e. The van der Waals surface area contributed by atoms with Gasteiger partial charge in [0.2, 0.25) is 0 Å². The smallest absolute Gasteiger partial charge is 0.314 e. The fourth-order valence-corrected chi connectivity index (χ4v) is 1.70. The summed E-state index contributed by atoms with van der Waals surface area (Å²) >= 11 is 0. The number of aliphatic hydroxyl groups is 2. The van der Waals surface area contributed by atoms with Gasteiger partial charge in [-0.15, -0.1) is 0 Å². The maximum Gasteiger partial charge on any atom is 0.314 e. The van der Waals surface area contributed by atoms with Crippen molar-refractivity contribution in [2.75, 3.05) is 6.61 Å². The van der Waals surface area contributed by atoms with Crippen LogP contribution in [0.2, 0.25) is 0 Å². The van der Waals surface area contributed by atoms with Crippen LogP contribution in [0.3, 0.4) is 0 Å². The van der Waals surface area contributed by atoms with Crippen LogP contribution in [0.5, 0.6) is 0 Å². The van der Waals surface area contributed by atoms with Crippen LogP contribution in [-0.4, -0.2) is 35.0 Å². The van der Waals surface area contributed by atoms with Crippen molar-refractivity contribution in [3.63, 3.8) is 0 Å². The summed E-state index contributed by atoms with van der Waals surface area (Å²) in [6.45, 7) is 3.65. The molecule has 0 heterocycles. The molecule has 13 heavy (non-hydrogen) atoms. The topological polar surface area (TPSA) is 66.8 Å². The number of ether oxygens (including phenoxy) is 1. The van der Waals surface area contributed by atoms with Crippen LogP contribution in [0, 0.1) is 5.41 Å². The summed E-state index contributed by atoms with van der Waals surface area (Å²) in [6.07, 6.45) is -0.856. The van der Waals surface area contributed by atoms with Crippen molar-refractivity contribution in [1.82, 2.24) is 0 Å². The van der Waals surface area contributed by atoms with Crippen LogP contribution in [0.4, 0.5) is 0 Å². The number of carbonyl (C=O) groups is 1.